The number of amides is 1. The smallest absolute Gasteiger partial charge is 0.276 e. The van der Waals surface area contributed by atoms with Crippen molar-refractivity contribution in [2.45, 2.75) is 37.8 Å². The van der Waals surface area contributed by atoms with Crippen molar-refractivity contribution in [3.05, 3.63) is 24.4 Å². The highest BCUT2D eigenvalue weighted by molar-refractivity contribution is 7.89. The van der Waals surface area contributed by atoms with Crippen LogP contribution in [0.15, 0.2) is 33.9 Å². The largest absolute Gasteiger partial charge is 0.442 e. The molecule has 25 heavy (non-hydrogen) atoms. The highest BCUT2D eigenvalue weighted by Crippen LogP contribution is 2.28. The molecule has 0 spiro atoms. The van der Waals surface area contributed by atoms with E-state index in [1.165, 1.54) is 10.4 Å². The lowest BCUT2D eigenvalue weighted by atomic mass is 9.98. The van der Waals surface area contributed by atoms with Gasteiger partial charge in [-0.25, -0.2) is 8.42 Å². The highest BCUT2D eigenvalue weighted by atomic mass is 32.2. The number of piperidine rings is 1. The first-order valence-electron chi connectivity index (χ1n) is 8.28. The first-order chi connectivity index (χ1) is 11.9. The predicted octanol–water partition coefficient (Wildman–Crippen LogP) is 1.59. The number of carbonyl (C=O) groups is 1. The normalized spacial score (nSPS) is 19.2. The number of nitrogens with one attached hydrogen (secondary N) is 2. The van der Waals surface area contributed by atoms with E-state index in [0.29, 0.717) is 30.8 Å². The van der Waals surface area contributed by atoms with Crippen LogP contribution in [0, 0.1) is 5.92 Å². The van der Waals surface area contributed by atoms with Crippen molar-refractivity contribution in [2.24, 2.45) is 5.92 Å². The maximum Gasteiger partial charge on any atom is 0.276 e. The summed E-state index contributed by atoms with van der Waals surface area (Å²) in [5, 5.41) is 9.29. The van der Waals surface area contributed by atoms with Crippen LogP contribution in [0.5, 0.6) is 0 Å². The van der Waals surface area contributed by atoms with Gasteiger partial charge in [-0.3, -0.25) is 9.89 Å². The lowest BCUT2D eigenvalue weighted by Gasteiger charge is -2.30. The summed E-state index contributed by atoms with van der Waals surface area (Å²) in [5.74, 6) is -0.0392. The van der Waals surface area contributed by atoms with E-state index in [1.54, 1.807) is 18.3 Å². The number of aromatic nitrogens is 2. The summed E-state index contributed by atoms with van der Waals surface area (Å²) < 4.78 is 32.5. The van der Waals surface area contributed by atoms with Gasteiger partial charge in [0, 0.05) is 25.3 Å². The number of hydrogen-bond acceptors (Lipinski definition) is 5. The van der Waals surface area contributed by atoms with Gasteiger partial charge in [-0.05, 0) is 44.9 Å². The van der Waals surface area contributed by atoms with Crippen LogP contribution in [-0.2, 0) is 14.8 Å². The number of H-pyrrole nitrogens is 1. The molecule has 0 aliphatic carbocycles. The van der Waals surface area contributed by atoms with Gasteiger partial charge in [0.15, 0.2) is 5.76 Å². The van der Waals surface area contributed by atoms with Gasteiger partial charge in [0.2, 0.25) is 11.0 Å². The maximum atomic E-state index is 12.8. The second-order valence-electron chi connectivity index (χ2n) is 6.45. The van der Waals surface area contributed by atoms with Gasteiger partial charge in [0.1, 0.15) is 5.69 Å². The van der Waals surface area contributed by atoms with E-state index < -0.39 is 10.0 Å². The van der Waals surface area contributed by atoms with Crippen LogP contribution in [0.3, 0.4) is 0 Å². The third kappa shape index (κ3) is 3.77. The molecule has 0 saturated carbocycles. The monoisotopic (exact) mass is 366 g/mol. The van der Waals surface area contributed by atoms with Crippen molar-refractivity contribution in [1.82, 2.24) is 19.8 Å². The molecule has 0 unspecified atom stereocenters. The number of aromatic amines is 1. The van der Waals surface area contributed by atoms with Crippen LogP contribution < -0.4 is 5.32 Å². The molecule has 2 aromatic rings. The van der Waals surface area contributed by atoms with E-state index in [4.69, 9.17) is 4.42 Å². The molecule has 1 aliphatic rings. The maximum absolute atomic E-state index is 12.8. The average Bonchev–Trinajstić information content (AvgIpc) is 3.25. The van der Waals surface area contributed by atoms with Crippen LogP contribution in [0.25, 0.3) is 11.5 Å². The van der Waals surface area contributed by atoms with Gasteiger partial charge in [0.05, 0.1) is 5.92 Å². The molecule has 136 valence electrons. The molecule has 2 aromatic heterocycles. The molecular weight excluding hydrogens is 344 g/mol. The van der Waals surface area contributed by atoms with Gasteiger partial charge < -0.3 is 9.73 Å². The Kier molecular flexibility index (Phi) is 4.96. The third-order valence-electron chi connectivity index (χ3n) is 4.13. The second-order valence-corrected chi connectivity index (χ2v) is 8.32. The van der Waals surface area contributed by atoms with E-state index >= 15 is 0 Å². The summed E-state index contributed by atoms with van der Waals surface area (Å²) in [4.78, 5) is 12.2. The Morgan fingerprint density at radius 2 is 2.20 bits per heavy atom. The van der Waals surface area contributed by atoms with Crippen LogP contribution in [0.1, 0.15) is 26.7 Å². The number of hydrogen-bond donors (Lipinski definition) is 2. The van der Waals surface area contributed by atoms with E-state index in [1.807, 2.05) is 13.8 Å². The van der Waals surface area contributed by atoms with Gasteiger partial charge in [-0.2, -0.15) is 9.40 Å². The number of sulfonamides is 1. The number of carbonyl (C=O) groups excluding carboxylic acids is 1. The van der Waals surface area contributed by atoms with Crippen molar-refractivity contribution in [1.29, 1.82) is 0 Å². The van der Waals surface area contributed by atoms with E-state index in [-0.39, 0.29) is 29.5 Å². The Bertz CT molecular complexity index is 826. The van der Waals surface area contributed by atoms with Crippen molar-refractivity contribution in [3.63, 3.8) is 0 Å². The molecule has 2 N–H and O–H groups in total. The van der Waals surface area contributed by atoms with Crippen molar-refractivity contribution in [3.8, 4) is 11.5 Å². The highest BCUT2D eigenvalue weighted by Gasteiger charge is 2.35. The lowest BCUT2D eigenvalue weighted by Crippen LogP contribution is -2.46. The fourth-order valence-electron chi connectivity index (χ4n) is 2.90. The fourth-order valence-corrected chi connectivity index (χ4v) is 4.34. The molecule has 1 atom stereocenters. The fraction of sp³-hybridized carbons (Fsp3) is 0.500. The molecule has 1 aliphatic heterocycles. The molecule has 3 rings (SSSR count). The molecule has 1 saturated heterocycles. The van der Waals surface area contributed by atoms with E-state index in [0.717, 1.165) is 0 Å². The Balaban J connectivity index is 1.76. The zero-order valence-electron chi connectivity index (χ0n) is 14.2. The summed E-state index contributed by atoms with van der Waals surface area (Å²) in [5.41, 5.74) is 0.606. The summed E-state index contributed by atoms with van der Waals surface area (Å²) in [6, 6.07) is 4.75. The minimum atomic E-state index is -3.77. The number of rotatable bonds is 5. The average molecular weight is 366 g/mol. The Morgan fingerprint density at radius 3 is 2.88 bits per heavy atom. The van der Waals surface area contributed by atoms with Gasteiger partial charge in [-0.15, -0.1) is 0 Å². The topological polar surface area (TPSA) is 108 Å². The zero-order chi connectivity index (χ0) is 18.0. The minimum absolute atomic E-state index is 0.0292. The third-order valence-corrected chi connectivity index (χ3v) is 5.87. The Hall–Kier alpha value is -2.13. The first kappa shape index (κ1) is 17.7. The Morgan fingerprint density at radius 1 is 1.40 bits per heavy atom. The summed E-state index contributed by atoms with van der Waals surface area (Å²) >= 11 is 0. The number of nitrogens with zero attached hydrogens (tertiary/aromatic N) is 2. The van der Waals surface area contributed by atoms with Crippen LogP contribution in [0.2, 0.25) is 0 Å². The van der Waals surface area contributed by atoms with Gasteiger partial charge in [-0.1, -0.05) is 0 Å². The lowest BCUT2D eigenvalue weighted by molar-refractivity contribution is -0.126. The molecular formula is C16H22N4O4S. The van der Waals surface area contributed by atoms with Crippen molar-refractivity contribution >= 4 is 15.9 Å². The predicted molar refractivity (Wildman–Crippen MR) is 91.1 cm³/mol. The van der Waals surface area contributed by atoms with Gasteiger partial charge in [0.25, 0.3) is 10.0 Å². The van der Waals surface area contributed by atoms with Crippen molar-refractivity contribution in [2.75, 3.05) is 13.1 Å². The van der Waals surface area contributed by atoms with Crippen LogP contribution >= 0.6 is 0 Å². The second kappa shape index (κ2) is 7.01. The molecule has 9 heteroatoms. The van der Waals surface area contributed by atoms with Gasteiger partial charge >= 0.3 is 0 Å². The van der Waals surface area contributed by atoms with E-state index in [9.17, 15) is 13.2 Å². The first-order valence-corrected chi connectivity index (χ1v) is 9.72. The van der Waals surface area contributed by atoms with Crippen molar-refractivity contribution < 1.29 is 17.6 Å². The summed E-state index contributed by atoms with van der Waals surface area (Å²) in [6.07, 6.45) is 2.89. The van der Waals surface area contributed by atoms with Crippen LogP contribution in [-0.4, -0.2) is 48.0 Å². The molecule has 0 bridgehead atoms. The SMILES string of the molecule is CC(C)NC(=O)[C@H]1CCCN(S(=O)(=O)c2ccc(-c3ccn[nH]3)o2)C1. The molecule has 3 heterocycles. The molecule has 8 nitrogen and oxygen atoms in total. The summed E-state index contributed by atoms with van der Waals surface area (Å²) in [6.45, 7) is 4.32. The number of furan rings is 1. The standard InChI is InChI=1S/C16H22N4O4S/c1-11(2)18-16(21)12-4-3-9-20(10-12)25(22,23)15-6-5-14(24-15)13-7-8-17-19-13/h5-8,11-12H,3-4,9-10H2,1-2H3,(H,17,19)(H,18,21)/t12-/m0/s1. The molecule has 0 radical (unpaired) electrons. The quantitative estimate of drug-likeness (QED) is 0.835. The van der Waals surface area contributed by atoms with Crippen LogP contribution in [0.4, 0.5) is 0 Å². The zero-order valence-corrected chi connectivity index (χ0v) is 15.0. The molecule has 1 amide bonds. The summed E-state index contributed by atoms with van der Waals surface area (Å²) in [7, 11) is -3.77. The van der Waals surface area contributed by atoms with E-state index in [2.05, 4.69) is 15.5 Å². The minimum Gasteiger partial charge on any atom is -0.442 e. The molecule has 0 aromatic carbocycles. The Labute approximate surface area is 146 Å². The molecule has 1 fully saturated rings.